The number of aromatic nitrogens is 1. The van der Waals surface area contributed by atoms with Crippen LogP contribution in [-0.2, 0) is 29.5 Å². The third-order valence-corrected chi connectivity index (χ3v) is 3.69. The first-order valence-electron chi connectivity index (χ1n) is 8.39. The highest BCUT2D eigenvalue weighted by Crippen LogP contribution is 2.28. The number of unbranched alkanes of at least 4 members (excludes halogenated alkanes) is 1. The van der Waals surface area contributed by atoms with Crippen molar-refractivity contribution in [2.75, 3.05) is 6.61 Å². The zero-order chi connectivity index (χ0) is 19.0. The Morgan fingerprint density at radius 3 is 2.40 bits per heavy atom. The summed E-state index contributed by atoms with van der Waals surface area (Å²) in [6.07, 6.45) is 3.19. The molecule has 0 aromatic carbocycles. The van der Waals surface area contributed by atoms with Crippen molar-refractivity contribution in [3.8, 4) is 0 Å². The fourth-order valence-corrected chi connectivity index (χ4v) is 2.10. The van der Waals surface area contributed by atoms with Crippen LogP contribution in [0.1, 0.15) is 58.2 Å². The Hall–Kier alpha value is -2.44. The van der Waals surface area contributed by atoms with E-state index in [0.717, 1.165) is 17.2 Å². The fourth-order valence-electron chi connectivity index (χ4n) is 2.10. The predicted molar refractivity (Wildman–Crippen MR) is 91.1 cm³/mol. The van der Waals surface area contributed by atoms with Crippen LogP contribution in [0.2, 0.25) is 0 Å². The van der Waals surface area contributed by atoms with Gasteiger partial charge in [0.25, 0.3) is 0 Å². The standard InChI is InChI=1S/C18H26N2O5/c1-6-8-9-15(21)25-20(16(22)17(23)24-7-2)18(4,5)14-11-10-13(3)19-12-14/h10-12H,6-9H2,1-5H3. The number of amides is 1. The number of hydrogen-bond donors (Lipinski definition) is 0. The average Bonchev–Trinajstić information content (AvgIpc) is 2.57. The quantitative estimate of drug-likeness (QED) is 0.445. The number of pyridine rings is 1. The van der Waals surface area contributed by atoms with Crippen molar-refractivity contribution >= 4 is 17.8 Å². The zero-order valence-electron chi connectivity index (χ0n) is 15.5. The lowest BCUT2D eigenvalue weighted by atomic mass is 9.95. The van der Waals surface area contributed by atoms with Crippen LogP contribution >= 0.6 is 0 Å². The number of aryl methyl sites for hydroxylation is 1. The molecule has 0 aliphatic heterocycles. The van der Waals surface area contributed by atoms with Gasteiger partial charge in [-0.15, -0.1) is 0 Å². The Bertz CT molecular complexity index is 610. The van der Waals surface area contributed by atoms with E-state index < -0.39 is 23.4 Å². The van der Waals surface area contributed by atoms with Crippen LogP contribution in [0.4, 0.5) is 0 Å². The Balaban J connectivity index is 3.14. The van der Waals surface area contributed by atoms with Crippen LogP contribution in [0, 0.1) is 6.92 Å². The summed E-state index contributed by atoms with van der Waals surface area (Å²) in [5.41, 5.74) is 0.341. The second-order valence-electron chi connectivity index (χ2n) is 6.13. The fraction of sp³-hybridized carbons (Fsp3) is 0.556. The second kappa shape index (κ2) is 9.15. The topological polar surface area (TPSA) is 85.8 Å². The lowest BCUT2D eigenvalue weighted by Crippen LogP contribution is -2.50. The molecule has 138 valence electrons. The summed E-state index contributed by atoms with van der Waals surface area (Å²) in [6.45, 7) is 8.76. The minimum Gasteiger partial charge on any atom is -0.459 e. The molecule has 0 saturated heterocycles. The van der Waals surface area contributed by atoms with Gasteiger partial charge in [0.2, 0.25) is 0 Å². The molecule has 0 aliphatic carbocycles. The van der Waals surface area contributed by atoms with Crippen LogP contribution < -0.4 is 0 Å². The van der Waals surface area contributed by atoms with Crippen molar-refractivity contribution < 1.29 is 24.0 Å². The molecule has 0 bridgehead atoms. The maximum atomic E-state index is 12.5. The monoisotopic (exact) mass is 350 g/mol. The van der Waals surface area contributed by atoms with E-state index in [1.165, 1.54) is 0 Å². The average molecular weight is 350 g/mol. The number of rotatable bonds is 6. The largest absolute Gasteiger partial charge is 0.459 e. The van der Waals surface area contributed by atoms with E-state index in [1.807, 2.05) is 13.8 Å². The van der Waals surface area contributed by atoms with Gasteiger partial charge in [-0.3, -0.25) is 9.78 Å². The summed E-state index contributed by atoms with van der Waals surface area (Å²) in [5.74, 6) is -2.68. The van der Waals surface area contributed by atoms with Gasteiger partial charge in [0, 0.05) is 18.3 Å². The van der Waals surface area contributed by atoms with Crippen LogP contribution in [0.5, 0.6) is 0 Å². The van der Waals surface area contributed by atoms with Crippen LogP contribution in [0.15, 0.2) is 18.3 Å². The van der Waals surface area contributed by atoms with E-state index >= 15 is 0 Å². The van der Waals surface area contributed by atoms with Crippen molar-refractivity contribution in [1.29, 1.82) is 0 Å². The highest BCUT2D eigenvalue weighted by atomic mass is 16.7. The predicted octanol–water partition coefficient (Wildman–Crippen LogP) is 2.67. The normalized spacial score (nSPS) is 10.9. The SMILES string of the molecule is CCCCC(=O)ON(C(=O)C(=O)OCC)C(C)(C)c1ccc(C)nc1. The molecule has 1 amide bonds. The van der Waals surface area contributed by atoms with E-state index in [2.05, 4.69) is 4.98 Å². The van der Waals surface area contributed by atoms with Crippen molar-refractivity contribution in [2.45, 2.75) is 59.4 Å². The van der Waals surface area contributed by atoms with Crippen molar-refractivity contribution in [3.63, 3.8) is 0 Å². The highest BCUT2D eigenvalue weighted by molar-refractivity contribution is 6.32. The summed E-state index contributed by atoms with van der Waals surface area (Å²) in [5, 5.41) is 0.787. The molecule has 7 nitrogen and oxygen atoms in total. The Morgan fingerprint density at radius 1 is 1.20 bits per heavy atom. The lowest BCUT2D eigenvalue weighted by Gasteiger charge is -2.35. The molecule has 1 rings (SSSR count). The van der Waals surface area contributed by atoms with Gasteiger partial charge in [-0.2, -0.15) is 5.06 Å². The summed E-state index contributed by atoms with van der Waals surface area (Å²) >= 11 is 0. The maximum absolute atomic E-state index is 12.5. The summed E-state index contributed by atoms with van der Waals surface area (Å²) < 4.78 is 4.76. The smallest absolute Gasteiger partial charge is 0.400 e. The zero-order valence-corrected chi connectivity index (χ0v) is 15.5. The number of nitrogens with zero attached hydrogens (tertiary/aromatic N) is 2. The third-order valence-electron chi connectivity index (χ3n) is 3.69. The number of ether oxygens (including phenoxy) is 1. The van der Waals surface area contributed by atoms with Gasteiger partial charge in [-0.05, 0) is 45.7 Å². The molecule has 0 spiro atoms. The minimum atomic E-state index is -1.09. The molecular formula is C18H26N2O5. The first-order chi connectivity index (χ1) is 11.7. The molecule has 7 heteroatoms. The van der Waals surface area contributed by atoms with Crippen molar-refractivity contribution in [2.24, 2.45) is 0 Å². The molecular weight excluding hydrogens is 324 g/mol. The van der Waals surface area contributed by atoms with Gasteiger partial charge in [0.1, 0.15) is 5.54 Å². The summed E-state index contributed by atoms with van der Waals surface area (Å²) in [7, 11) is 0. The molecule has 0 aliphatic rings. The summed E-state index contributed by atoms with van der Waals surface area (Å²) in [6, 6.07) is 3.55. The van der Waals surface area contributed by atoms with Gasteiger partial charge < -0.3 is 9.57 Å². The molecule has 1 aromatic rings. The molecule has 0 unspecified atom stereocenters. The molecule has 0 fully saturated rings. The Labute approximate surface area is 148 Å². The van der Waals surface area contributed by atoms with Gasteiger partial charge in [-0.25, -0.2) is 9.59 Å². The van der Waals surface area contributed by atoms with Crippen LogP contribution in [0.25, 0.3) is 0 Å². The number of carbonyl (C=O) groups is 3. The summed E-state index contributed by atoms with van der Waals surface area (Å²) in [4.78, 5) is 45.9. The van der Waals surface area contributed by atoms with Gasteiger partial charge in [0.05, 0.1) is 6.61 Å². The number of esters is 1. The Kier molecular flexibility index (Phi) is 7.54. The molecule has 0 radical (unpaired) electrons. The Morgan fingerprint density at radius 2 is 1.88 bits per heavy atom. The van der Waals surface area contributed by atoms with E-state index in [-0.39, 0.29) is 13.0 Å². The molecule has 25 heavy (non-hydrogen) atoms. The van der Waals surface area contributed by atoms with Crippen molar-refractivity contribution in [3.05, 3.63) is 29.6 Å². The van der Waals surface area contributed by atoms with Gasteiger partial charge in [-0.1, -0.05) is 19.4 Å². The van der Waals surface area contributed by atoms with Gasteiger partial charge in [0.15, 0.2) is 0 Å². The van der Waals surface area contributed by atoms with Crippen LogP contribution in [-0.4, -0.2) is 34.5 Å². The third kappa shape index (κ3) is 5.55. The van der Waals surface area contributed by atoms with Gasteiger partial charge >= 0.3 is 17.8 Å². The number of hydrogen-bond acceptors (Lipinski definition) is 6. The van der Waals surface area contributed by atoms with E-state index in [9.17, 15) is 14.4 Å². The molecule has 1 aromatic heterocycles. The van der Waals surface area contributed by atoms with Crippen molar-refractivity contribution in [1.82, 2.24) is 10.0 Å². The first-order valence-corrected chi connectivity index (χ1v) is 8.39. The van der Waals surface area contributed by atoms with Crippen LogP contribution in [0.3, 0.4) is 0 Å². The molecule has 0 N–H and O–H groups in total. The first kappa shape index (κ1) is 20.6. The maximum Gasteiger partial charge on any atom is 0.400 e. The molecule has 0 atom stereocenters. The second-order valence-corrected chi connectivity index (χ2v) is 6.13. The number of carbonyl (C=O) groups excluding carboxylic acids is 3. The molecule has 1 heterocycles. The number of hydroxylamine groups is 2. The highest BCUT2D eigenvalue weighted by Gasteiger charge is 2.40. The van der Waals surface area contributed by atoms with E-state index in [0.29, 0.717) is 12.0 Å². The minimum absolute atomic E-state index is 0.0503. The lowest BCUT2D eigenvalue weighted by molar-refractivity contribution is -0.223. The molecule has 0 saturated carbocycles. The van der Waals surface area contributed by atoms with E-state index in [1.54, 1.807) is 39.1 Å². The van der Waals surface area contributed by atoms with E-state index in [4.69, 9.17) is 9.57 Å².